The van der Waals surface area contributed by atoms with Crippen molar-refractivity contribution >= 4 is 43.9 Å². The number of amides is 1. The van der Waals surface area contributed by atoms with E-state index in [1.165, 1.54) is 11.3 Å². The predicted molar refractivity (Wildman–Crippen MR) is 85.0 cm³/mol. The number of thiophene rings is 2. The maximum Gasteiger partial charge on any atom is 0.328 e. The molecule has 21 heavy (non-hydrogen) atoms. The molecule has 1 amide bonds. The van der Waals surface area contributed by atoms with Crippen molar-refractivity contribution in [3.05, 3.63) is 22.4 Å². The zero-order valence-corrected chi connectivity index (χ0v) is 13.5. The average molecular weight is 323 g/mol. The molecule has 112 valence electrons. The minimum Gasteiger partial charge on any atom is -0.464 e. The number of rotatable bonds is 3. The Kier molecular flexibility index (Phi) is 4.26. The molecule has 0 N–H and O–H groups in total. The van der Waals surface area contributed by atoms with Crippen molar-refractivity contribution in [3.63, 3.8) is 0 Å². The van der Waals surface area contributed by atoms with Gasteiger partial charge in [0.2, 0.25) is 0 Å². The van der Waals surface area contributed by atoms with Gasteiger partial charge in [0.1, 0.15) is 6.04 Å². The molecule has 3 rings (SSSR count). The van der Waals surface area contributed by atoms with E-state index in [0.717, 1.165) is 22.2 Å². The first-order valence-corrected chi connectivity index (χ1v) is 8.85. The number of esters is 1. The zero-order chi connectivity index (χ0) is 14.8. The van der Waals surface area contributed by atoms with Gasteiger partial charge in [0, 0.05) is 15.9 Å². The molecule has 1 saturated heterocycles. The third kappa shape index (κ3) is 2.82. The lowest BCUT2D eigenvalue weighted by molar-refractivity contribution is -0.149. The van der Waals surface area contributed by atoms with Crippen LogP contribution in [0.4, 0.5) is 0 Å². The Bertz CT molecular complexity index is 632. The van der Waals surface area contributed by atoms with E-state index in [-0.39, 0.29) is 11.9 Å². The largest absolute Gasteiger partial charge is 0.464 e. The number of piperidine rings is 1. The monoisotopic (exact) mass is 323 g/mol. The summed E-state index contributed by atoms with van der Waals surface area (Å²) in [7, 11) is 0. The third-order valence-corrected chi connectivity index (χ3v) is 5.75. The van der Waals surface area contributed by atoms with Gasteiger partial charge < -0.3 is 9.64 Å². The molecule has 1 aliphatic heterocycles. The highest BCUT2D eigenvalue weighted by Crippen LogP contribution is 2.32. The number of likely N-dealkylation sites (tertiary alicyclic amines) is 1. The maximum absolute atomic E-state index is 12.7. The Hall–Kier alpha value is -1.40. The van der Waals surface area contributed by atoms with Crippen LogP contribution in [0.15, 0.2) is 17.5 Å². The van der Waals surface area contributed by atoms with Crippen LogP contribution in [0, 0.1) is 0 Å². The maximum atomic E-state index is 12.7. The number of ether oxygens (including phenoxy) is 1. The molecule has 0 aliphatic carbocycles. The van der Waals surface area contributed by atoms with Crippen LogP contribution in [0.1, 0.15) is 35.9 Å². The van der Waals surface area contributed by atoms with E-state index in [2.05, 4.69) is 0 Å². The van der Waals surface area contributed by atoms with Crippen LogP contribution in [0.3, 0.4) is 0 Å². The molecule has 2 aromatic rings. The van der Waals surface area contributed by atoms with E-state index >= 15 is 0 Å². The van der Waals surface area contributed by atoms with Crippen molar-refractivity contribution in [2.45, 2.75) is 32.2 Å². The van der Waals surface area contributed by atoms with Gasteiger partial charge in [-0.05, 0) is 43.7 Å². The minimum atomic E-state index is -0.425. The fourth-order valence-electron chi connectivity index (χ4n) is 2.67. The molecule has 0 saturated carbocycles. The highest BCUT2D eigenvalue weighted by molar-refractivity contribution is 7.27. The highest BCUT2D eigenvalue weighted by atomic mass is 32.1. The third-order valence-electron chi connectivity index (χ3n) is 3.67. The fourth-order valence-corrected chi connectivity index (χ4v) is 4.74. The first kappa shape index (κ1) is 14.5. The zero-order valence-electron chi connectivity index (χ0n) is 11.8. The smallest absolute Gasteiger partial charge is 0.328 e. The predicted octanol–water partition coefficient (Wildman–Crippen LogP) is 3.52. The molecule has 3 heterocycles. The van der Waals surface area contributed by atoms with E-state index in [1.54, 1.807) is 23.2 Å². The van der Waals surface area contributed by atoms with Crippen molar-refractivity contribution in [2.75, 3.05) is 13.2 Å². The van der Waals surface area contributed by atoms with Gasteiger partial charge in [-0.15, -0.1) is 22.7 Å². The average Bonchev–Trinajstić information content (AvgIpc) is 3.08. The van der Waals surface area contributed by atoms with Gasteiger partial charge in [-0.1, -0.05) is 0 Å². The van der Waals surface area contributed by atoms with Crippen molar-refractivity contribution < 1.29 is 14.3 Å². The van der Waals surface area contributed by atoms with E-state index in [9.17, 15) is 9.59 Å². The molecular weight excluding hydrogens is 306 g/mol. The van der Waals surface area contributed by atoms with Crippen molar-refractivity contribution in [1.82, 2.24) is 4.90 Å². The van der Waals surface area contributed by atoms with Crippen molar-refractivity contribution in [2.24, 2.45) is 0 Å². The SMILES string of the molecule is CCOC(=O)C1CCCCN1C(=O)c1cc2sccc2s1. The number of carbonyl (C=O) groups excluding carboxylic acids is 2. The standard InChI is InChI=1S/C15H17NO3S2/c1-2-19-15(18)10-5-3-4-7-16(10)14(17)13-9-12-11(21-13)6-8-20-12/h6,8-10H,2-5,7H2,1H3. The second-order valence-electron chi connectivity index (χ2n) is 5.02. The van der Waals surface area contributed by atoms with Crippen LogP contribution in [0.2, 0.25) is 0 Å². The molecule has 0 bridgehead atoms. The summed E-state index contributed by atoms with van der Waals surface area (Å²) in [5.41, 5.74) is 0. The molecular formula is C15H17NO3S2. The Balaban J connectivity index is 1.83. The van der Waals surface area contributed by atoms with Crippen LogP contribution in [0.5, 0.6) is 0 Å². The van der Waals surface area contributed by atoms with E-state index < -0.39 is 6.04 Å². The van der Waals surface area contributed by atoms with Gasteiger partial charge >= 0.3 is 5.97 Å². The molecule has 0 radical (unpaired) electrons. The molecule has 2 aromatic heterocycles. The number of fused-ring (bicyclic) bond motifs is 1. The number of hydrogen-bond acceptors (Lipinski definition) is 5. The summed E-state index contributed by atoms with van der Waals surface area (Å²) in [6, 6.07) is 3.54. The minimum absolute atomic E-state index is 0.0406. The molecule has 1 unspecified atom stereocenters. The van der Waals surface area contributed by atoms with Crippen molar-refractivity contribution in [3.8, 4) is 0 Å². The summed E-state index contributed by atoms with van der Waals surface area (Å²) in [4.78, 5) is 27.2. The summed E-state index contributed by atoms with van der Waals surface area (Å²) in [5, 5.41) is 2.03. The Morgan fingerprint density at radius 3 is 3.00 bits per heavy atom. The fraction of sp³-hybridized carbons (Fsp3) is 0.467. The number of hydrogen-bond donors (Lipinski definition) is 0. The van der Waals surface area contributed by atoms with Gasteiger partial charge in [-0.25, -0.2) is 4.79 Å². The van der Waals surface area contributed by atoms with Gasteiger partial charge in [0.15, 0.2) is 0 Å². The molecule has 0 aromatic carbocycles. The van der Waals surface area contributed by atoms with Crippen LogP contribution < -0.4 is 0 Å². The van der Waals surface area contributed by atoms with Gasteiger partial charge in [0.05, 0.1) is 11.5 Å². The molecule has 4 nitrogen and oxygen atoms in total. The Morgan fingerprint density at radius 1 is 1.38 bits per heavy atom. The molecule has 1 fully saturated rings. The number of nitrogens with zero attached hydrogens (tertiary/aromatic N) is 1. The lowest BCUT2D eigenvalue weighted by atomic mass is 10.0. The Labute approximate surface area is 131 Å². The van der Waals surface area contributed by atoms with Gasteiger partial charge in [-0.3, -0.25) is 4.79 Å². The normalized spacial score (nSPS) is 18.9. The summed E-state index contributed by atoms with van der Waals surface area (Å²) in [6.45, 7) is 2.78. The molecule has 1 aliphatic rings. The van der Waals surface area contributed by atoms with Gasteiger partial charge in [-0.2, -0.15) is 0 Å². The summed E-state index contributed by atoms with van der Waals surface area (Å²) in [6.07, 6.45) is 2.61. The van der Waals surface area contributed by atoms with Crippen LogP contribution >= 0.6 is 22.7 Å². The lowest BCUT2D eigenvalue weighted by Gasteiger charge is -2.33. The lowest BCUT2D eigenvalue weighted by Crippen LogP contribution is -2.48. The van der Waals surface area contributed by atoms with E-state index in [0.29, 0.717) is 24.4 Å². The second kappa shape index (κ2) is 6.15. The van der Waals surface area contributed by atoms with Crippen LogP contribution in [-0.2, 0) is 9.53 Å². The summed E-state index contributed by atoms with van der Waals surface area (Å²) >= 11 is 3.14. The topological polar surface area (TPSA) is 46.6 Å². The second-order valence-corrected chi connectivity index (χ2v) is 7.05. The molecule has 0 spiro atoms. The van der Waals surface area contributed by atoms with Crippen LogP contribution in [0.25, 0.3) is 9.40 Å². The Morgan fingerprint density at radius 2 is 2.24 bits per heavy atom. The van der Waals surface area contributed by atoms with Crippen LogP contribution in [-0.4, -0.2) is 36.0 Å². The van der Waals surface area contributed by atoms with E-state index in [1.807, 2.05) is 17.5 Å². The van der Waals surface area contributed by atoms with Gasteiger partial charge in [0.25, 0.3) is 5.91 Å². The first-order valence-electron chi connectivity index (χ1n) is 7.15. The van der Waals surface area contributed by atoms with Crippen molar-refractivity contribution in [1.29, 1.82) is 0 Å². The molecule has 6 heteroatoms. The summed E-state index contributed by atoms with van der Waals surface area (Å²) in [5.74, 6) is -0.315. The number of carbonyl (C=O) groups is 2. The van der Waals surface area contributed by atoms with E-state index in [4.69, 9.17) is 4.74 Å². The molecule has 1 atom stereocenters. The first-order chi connectivity index (χ1) is 10.2. The highest BCUT2D eigenvalue weighted by Gasteiger charge is 2.34. The summed E-state index contributed by atoms with van der Waals surface area (Å²) < 4.78 is 7.38. The quantitative estimate of drug-likeness (QED) is 0.812.